The summed E-state index contributed by atoms with van der Waals surface area (Å²) in [5.41, 5.74) is 6.42. The van der Waals surface area contributed by atoms with Crippen LogP contribution in [0, 0.1) is 5.92 Å². The molecule has 0 amide bonds. The van der Waals surface area contributed by atoms with E-state index in [0.29, 0.717) is 11.7 Å². The highest BCUT2D eigenvalue weighted by molar-refractivity contribution is 5.41. The average Bonchev–Trinajstić information content (AvgIpc) is 2.90. The minimum Gasteiger partial charge on any atom is -0.382 e. The number of anilines is 1. The van der Waals surface area contributed by atoms with Gasteiger partial charge in [-0.1, -0.05) is 0 Å². The highest BCUT2D eigenvalue weighted by Gasteiger charge is 2.18. The minimum atomic E-state index is 0.498. The van der Waals surface area contributed by atoms with Crippen molar-refractivity contribution in [3.8, 4) is 0 Å². The van der Waals surface area contributed by atoms with E-state index in [1.54, 1.807) is 10.6 Å². The van der Waals surface area contributed by atoms with E-state index in [1.165, 1.54) is 6.42 Å². The Morgan fingerprint density at radius 2 is 2.38 bits per heavy atom. The van der Waals surface area contributed by atoms with Crippen molar-refractivity contribution in [2.45, 2.75) is 12.8 Å². The first-order valence-electron chi connectivity index (χ1n) is 5.50. The lowest BCUT2D eigenvalue weighted by Gasteiger charge is -2.05. The SMILES string of the molecule is Nc1ccc2nnc(CC3CCNC3)n2n1. The third-order valence-electron chi connectivity index (χ3n) is 2.98. The molecule has 3 N–H and O–H groups in total. The van der Waals surface area contributed by atoms with Crippen LogP contribution >= 0.6 is 0 Å². The number of nitrogens with two attached hydrogens (primary N) is 1. The molecule has 84 valence electrons. The summed E-state index contributed by atoms with van der Waals surface area (Å²) in [5.74, 6) is 2.03. The van der Waals surface area contributed by atoms with Crippen LogP contribution in [0.1, 0.15) is 12.2 Å². The molecule has 0 radical (unpaired) electrons. The summed E-state index contributed by atoms with van der Waals surface area (Å²) in [6.07, 6.45) is 2.10. The fraction of sp³-hybridized carbons (Fsp3) is 0.500. The second-order valence-corrected chi connectivity index (χ2v) is 4.21. The first-order chi connectivity index (χ1) is 7.83. The van der Waals surface area contributed by atoms with Crippen LogP contribution in [0.25, 0.3) is 5.65 Å². The van der Waals surface area contributed by atoms with Crippen molar-refractivity contribution >= 4 is 11.5 Å². The van der Waals surface area contributed by atoms with Crippen LogP contribution in [0.15, 0.2) is 12.1 Å². The van der Waals surface area contributed by atoms with Gasteiger partial charge in [0, 0.05) is 6.42 Å². The Bertz CT molecular complexity index is 499. The molecule has 1 unspecified atom stereocenters. The number of aromatic nitrogens is 4. The van der Waals surface area contributed by atoms with Crippen LogP contribution in [0.3, 0.4) is 0 Å². The molecular formula is C10H14N6. The molecular weight excluding hydrogens is 204 g/mol. The monoisotopic (exact) mass is 218 g/mol. The van der Waals surface area contributed by atoms with Crippen molar-refractivity contribution in [1.82, 2.24) is 25.1 Å². The second-order valence-electron chi connectivity index (χ2n) is 4.21. The fourth-order valence-electron chi connectivity index (χ4n) is 2.12. The lowest BCUT2D eigenvalue weighted by atomic mass is 10.1. The molecule has 1 fully saturated rings. The molecule has 1 saturated heterocycles. The highest BCUT2D eigenvalue weighted by Crippen LogP contribution is 2.14. The number of hydrogen-bond acceptors (Lipinski definition) is 5. The van der Waals surface area contributed by atoms with Crippen molar-refractivity contribution in [2.75, 3.05) is 18.8 Å². The van der Waals surface area contributed by atoms with Crippen molar-refractivity contribution in [3.05, 3.63) is 18.0 Å². The Morgan fingerprint density at radius 1 is 1.44 bits per heavy atom. The maximum atomic E-state index is 5.66. The summed E-state index contributed by atoms with van der Waals surface area (Å²) < 4.78 is 1.74. The van der Waals surface area contributed by atoms with E-state index < -0.39 is 0 Å². The van der Waals surface area contributed by atoms with E-state index in [-0.39, 0.29) is 0 Å². The minimum absolute atomic E-state index is 0.498. The standard InChI is InChI=1S/C10H14N6/c11-8-1-2-9-13-14-10(16(9)15-8)5-7-3-4-12-6-7/h1-2,7,12H,3-6H2,(H2,11,15). The normalized spacial score (nSPS) is 20.6. The topological polar surface area (TPSA) is 81.1 Å². The maximum absolute atomic E-state index is 5.66. The van der Waals surface area contributed by atoms with E-state index in [9.17, 15) is 0 Å². The Hall–Kier alpha value is -1.69. The molecule has 1 aliphatic rings. The number of rotatable bonds is 2. The molecule has 0 aromatic carbocycles. The molecule has 0 aliphatic carbocycles. The van der Waals surface area contributed by atoms with Crippen LogP contribution in [-0.4, -0.2) is 32.9 Å². The van der Waals surface area contributed by atoms with Crippen molar-refractivity contribution in [3.63, 3.8) is 0 Å². The van der Waals surface area contributed by atoms with Crippen molar-refractivity contribution < 1.29 is 0 Å². The predicted octanol–water partition coefficient (Wildman–Crippen LogP) is -0.142. The van der Waals surface area contributed by atoms with Gasteiger partial charge in [0.05, 0.1) is 0 Å². The molecule has 0 spiro atoms. The van der Waals surface area contributed by atoms with Gasteiger partial charge in [-0.25, -0.2) is 0 Å². The lowest BCUT2D eigenvalue weighted by Crippen LogP contribution is -2.13. The number of nitrogens with zero attached hydrogens (tertiary/aromatic N) is 4. The summed E-state index contributed by atoms with van der Waals surface area (Å²) in [7, 11) is 0. The van der Waals surface area contributed by atoms with Gasteiger partial charge in [-0.05, 0) is 37.6 Å². The Kier molecular flexibility index (Phi) is 2.21. The highest BCUT2D eigenvalue weighted by atomic mass is 15.4. The third-order valence-corrected chi connectivity index (χ3v) is 2.98. The third kappa shape index (κ3) is 1.61. The van der Waals surface area contributed by atoms with Crippen LogP contribution in [-0.2, 0) is 6.42 Å². The van der Waals surface area contributed by atoms with Crippen molar-refractivity contribution in [1.29, 1.82) is 0 Å². The summed E-state index contributed by atoms with van der Waals surface area (Å²) in [6, 6.07) is 3.58. The van der Waals surface area contributed by atoms with Crippen LogP contribution in [0.2, 0.25) is 0 Å². The molecule has 6 nitrogen and oxygen atoms in total. The Labute approximate surface area is 92.9 Å². The smallest absolute Gasteiger partial charge is 0.178 e. The molecule has 0 saturated carbocycles. The molecule has 16 heavy (non-hydrogen) atoms. The Morgan fingerprint density at radius 3 is 3.19 bits per heavy atom. The first-order valence-corrected chi connectivity index (χ1v) is 5.50. The Balaban J connectivity index is 1.93. The fourth-order valence-corrected chi connectivity index (χ4v) is 2.12. The largest absolute Gasteiger partial charge is 0.382 e. The molecule has 6 heteroatoms. The second kappa shape index (κ2) is 3.71. The van der Waals surface area contributed by atoms with Crippen LogP contribution < -0.4 is 11.1 Å². The molecule has 2 aromatic heterocycles. The van der Waals surface area contributed by atoms with Gasteiger partial charge in [0.25, 0.3) is 0 Å². The van der Waals surface area contributed by atoms with Gasteiger partial charge in [0.2, 0.25) is 0 Å². The van der Waals surface area contributed by atoms with Gasteiger partial charge >= 0.3 is 0 Å². The number of hydrogen-bond donors (Lipinski definition) is 2. The van der Waals surface area contributed by atoms with E-state index in [0.717, 1.165) is 31.0 Å². The van der Waals surface area contributed by atoms with Gasteiger partial charge in [0.1, 0.15) is 5.82 Å². The number of nitrogens with one attached hydrogen (secondary N) is 1. The van der Waals surface area contributed by atoms with Crippen LogP contribution in [0.5, 0.6) is 0 Å². The zero-order valence-electron chi connectivity index (χ0n) is 8.93. The van der Waals surface area contributed by atoms with Gasteiger partial charge in [-0.2, -0.15) is 4.52 Å². The number of fused-ring (bicyclic) bond motifs is 1. The number of nitrogen functional groups attached to an aromatic ring is 1. The quantitative estimate of drug-likeness (QED) is 0.733. The molecule has 0 bridgehead atoms. The average molecular weight is 218 g/mol. The maximum Gasteiger partial charge on any atom is 0.178 e. The van der Waals surface area contributed by atoms with Gasteiger partial charge < -0.3 is 11.1 Å². The van der Waals surface area contributed by atoms with E-state index >= 15 is 0 Å². The molecule has 1 atom stereocenters. The zero-order chi connectivity index (χ0) is 11.0. The van der Waals surface area contributed by atoms with E-state index in [1.807, 2.05) is 6.07 Å². The molecule has 3 heterocycles. The first kappa shape index (κ1) is 9.53. The lowest BCUT2D eigenvalue weighted by molar-refractivity contribution is 0.552. The van der Waals surface area contributed by atoms with Crippen molar-refractivity contribution in [2.24, 2.45) is 5.92 Å². The van der Waals surface area contributed by atoms with Crippen LogP contribution in [0.4, 0.5) is 5.82 Å². The summed E-state index contributed by atoms with van der Waals surface area (Å²) in [5, 5.41) is 15.8. The van der Waals surface area contributed by atoms with Gasteiger partial charge in [-0.15, -0.1) is 15.3 Å². The summed E-state index contributed by atoms with van der Waals surface area (Å²) in [4.78, 5) is 0. The summed E-state index contributed by atoms with van der Waals surface area (Å²) >= 11 is 0. The molecule has 2 aromatic rings. The van der Waals surface area contributed by atoms with E-state index in [2.05, 4.69) is 20.6 Å². The predicted molar refractivity (Wildman–Crippen MR) is 59.9 cm³/mol. The molecule has 3 rings (SSSR count). The van der Waals surface area contributed by atoms with Gasteiger partial charge in [0.15, 0.2) is 11.5 Å². The van der Waals surface area contributed by atoms with Gasteiger partial charge in [-0.3, -0.25) is 0 Å². The van der Waals surface area contributed by atoms with E-state index in [4.69, 9.17) is 5.73 Å². The molecule has 1 aliphatic heterocycles. The summed E-state index contributed by atoms with van der Waals surface area (Å²) in [6.45, 7) is 2.15. The zero-order valence-corrected chi connectivity index (χ0v) is 8.93.